The molecule has 0 saturated heterocycles. The summed E-state index contributed by atoms with van der Waals surface area (Å²) in [7, 11) is 0. The zero-order valence-electron chi connectivity index (χ0n) is 12.3. The Bertz CT molecular complexity index is 647. The van der Waals surface area contributed by atoms with Crippen LogP contribution in [0.4, 0.5) is 5.82 Å². The highest BCUT2D eigenvalue weighted by Crippen LogP contribution is 2.25. The van der Waals surface area contributed by atoms with E-state index in [1.807, 2.05) is 24.3 Å². The van der Waals surface area contributed by atoms with Gasteiger partial charge in [-0.2, -0.15) is 5.10 Å². The summed E-state index contributed by atoms with van der Waals surface area (Å²) in [6.07, 6.45) is 0. The van der Waals surface area contributed by atoms with Crippen LogP contribution in [0.5, 0.6) is 0 Å². The van der Waals surface area contributed by atoms with Crippen LogP contribution >= 0.6 is 0 Å². The first-order valence-corrected chi connectivity index (χ1v) is 7.30. The predicted molar refractivity (Wildman–Crippen MR) is 82.2 cm³/mol. The van der Waals surface area contributed by atoms with Crippen LogP contribution in [0.25, 0.3) is 0 Å². The number of amides is 1. The minimum Gasteiger partial charge on any atom is -0.312 e. The molecule has 1 aromatic heterocycles. The lowest BCUT2D eigenvalue weighted by atomic mass is 9.90. The Morgan fingerprint density at radius 2 is 2.19 bits per heavy atom. The molecule has 1 aliphatic heterocycles. The molecule has 1 aliphatic rings. The zero-order valence-corrected chi connectivity index (χ0v) is 12.3. The molecule has 1 amide bonds. The van der Waals surface area contributed by atoms with E-state index in [0.29, 0.717) is 18.3 Å². The van der Waals surface area contributed by atoms with E-state index in [-0.39, 0.29) is 11.8 Å². The van der Waals surface area contributed by atoms with E-state index in [2.05, 4.69) is 40.7 Å². The molecular weight excluding hydrogens is 264 g/mol. The van der Waals surface area contributed by atoms with Crippen LogP contribution in [0.2, 0.25) is 0 Å². The fourth-order valence-corrected chi connectivity index (χ4v) is 2.64. The van der Waals surface area contributed by atoms with Gasteiger partial charge in [-0.1, -0.05) is 38.1 Å². The third-order valence-corrected chi connectivity index (χ3v) is 3.88. The van der Waals surface area contributed by atoms with Crippen molar-refractivity contribution in [3.63, 3.8) is 0 Å². The van der Waals surface area contributed by atoms with Crippen molar-refractivity contribution in [2.45, 2.75) is 32.2 Å². The van der Waals surface area contributed by atoms with Crippen molar-refractivity contribution >= 4 is 11.7 Å². The molecule has 0 bridgehead atoms. The second kappa shape index (κ2) is 5.69. The molecule has 2 heterocycles. The first kappa shape index (κ1) is 13.8. The van der Waals surface area contributed by atoms with Crippen molar-refractivity contribution in [1.82, 2.24) is 15.5 Å². The summed E-state index contributed by atoms with van der Waals surface area (Å²) in [6.45, 7) is 5.64. The summed E-state index contributed by atoms with van der Waals surface area (Å²) in [4.78, 5) is 12.5. The maximum absolute atomic E-state index is 12.5. The van der Waals surface area contributed by atoms with Gasteiger partial charge in [0.15, 0.2) is 5.82 Å². The van der Waals surface area contributed by atoms with Crippen LogP contribution in [-0.2, 0) is 11.3 Å². The largest absolute Gasteiger partial charge is 0.312 e. The SMILES string of the molecule is CC(C)c1cc(NC(=O)C2CNCc3ccccc32)n[nH]1. The van der Waals surface area contributed by atoms with E-state index in [4.69, 9.17) is 0 Å². The van der Waals surface area contributed by atoms with Crippen LogP contribution in [0.1, 0.15) is 42.5 Å². The van der Waals surface area contributed by atoms with Crippen molar-refractivity contribution in [3.8, 4) is 0 Å². The number of hydrogen-bond acceptors (Lipinski definition) is 3. The maximum atomic E-state index is 12.5. The van der Waals surface area contributed by atoms with E-state index < -0.39 is 0 Å². The first-order valence-electron chi connectivity index (χ1n) is 7.30. The quantitative estimate of drug-likeness (QED) is 0.810. The number of fused-ring (bicyclic) bond motifs is 1. The number of aromatic nitrogens is 2. The Hall–Kier alpha value is -2.14. The van der Waals surface area contributed by atoms with E-state index in [9.17, 15) is 4.79 Å². The minimum absolute atomic E-state index is 0.0172. The lowest BCUT2D eigenvalue weighted by Crippen LogP contribution is -2.35. The van der Waals surface area contributed by atoms with E-state index in [1.54, 1.807) is 0 Å². The van der Waals surface area contributed by atoms with Gasteiger partial charge in [-0.15, -0.1) is 0 Å². The average Bonchev–Trinajstić information content (AvgIpc) is 2.95. The van der Waals surface area contributed by atoms with Gasteiger partial charge in [0.1, 0.15) is 0 Å². The number of H-pyrrole nitrogens is 1. The van der Waals surface area contributed by atoms with Gasteiger partial charge in [-0.3, -0.25) is 9.89 Å². The lowest BCUT2D eigenvalue weighted by molar-refractivity contribution is -0.117. The van der Waals surface area contributed by atoms with E-state index in [0.717, 1.165) is 17.8 Å². The van der Waals surface area contributed by atoms with Gasteiger partial charge in [-0.05, 0) is 17.0 Å². The molecule has 1 unspecified atom stereocenters. The fraction of sp³-hybridized carbons (Fsp3) is 0.375. The number of nitrogens with zero attached hydrogens (tertiary/aromatic N) is 1. The third kappa shape index (κ3) is 2.83. The number of anilines is 1. The second-order valence-corrected chi connectivity index (χ2v) is 5.73. The molecule has 0 radical (unpaired) electrons. The van der Waals surface area contributed by atoms with Gasteiger partial charge in [-0.25, -0.2) is 0 Å². The second-order valence-electron chi connectivity index (χ2n) is 5.73. The standard InChI is InChI=1S/C16H20N4O/c1-10(2)14-7-15(20-19-14)18-16(21)13-9-17-8-11-5-3-4-6-12(11)13/h3-7,10,13,17H,8-9H2,1-2H3,(H2,18,19,20,21). The first-order chi connectivity index (χ1) is 10.1. The van der Waals surface area contributed by atoms with Crippen LogP contribution < -0.4 is 10.6 Å². The molecule has 0 aliphatic carbocycles. The van der Waals surface area contributed by atoms with Gasteiger partial charge >= 0.3 is 0 Å². The Kier molecular flexibility index (Phi) is 3.75. The topological polar surface area (TPSA) is 69.8 Å². The number of carbonyl (C=O) groups excluding carboxylic acids is 1. The van der Waals surface area contributed by atoms with E-state index >= 15 is 0 Å². The smallest absolute Gasteiger partial charge is 0.234 e. The highest BCUT2D eigenvalue weighted by atomic mass is 16.2. The van der Waals surface area contributed by atoms with Crippen LogP contribution in [0.3, 0.4) is 0 Å². The number of benzene rings is 1. The minimum atomic E-state index is -0.172. The molecule has 0 fully saturated rings. The predicted octanol–water partition coefficient (Wildman–Crippen LogP) is 2.36. The molecule has 3 N–H and O–H groups in total. The van der Waals surface area contributed by atoms with Crippen molar-refractivity contribution in [1.29, 1.82) is 0 Å². The van der Waals surface area contributed by atoms with Crippen molar-refractivity contribution in [3.05, 3.63) is 47.2 Å². The Balaban J connectivity index is 1.77. The number of aromatic amines is 1. The van der Waals surface area contributed by atoms with Crippen LogP contribution in [0.15, 0.2) is 30.3 Å². The summed E-state index contributed by atoms with van der Waals surface area (Å²) in [5.74, 6) is 0.762. The van der Waals surface area contributed by atoms with Gasteiger partial charge in [0, 0.05) is 24.8 Å². The van der Waals surface area contributed by atoms with Crippen molar-refractivity contribution in [2.75, 3.05) is 11.9 Å². The molecule has 5 heteroatoms. The van der Waals surface area contributed by atoms with Gasteiger partial charge in [0.2, 0.25) is 5.91 Å². The zero-order chi connectivity index (χ0) is 14.8. The lowest BCUT2D eigenvalue weighted by Gasteiger charge is -2.25. The highest BCUT2D eigenvalue weighted by molar-refractivity contribution is 5.95. The molecular formula is C16H20N4O. The van der Waals surface area contributed by atoms with Crippen molar-refractivity contribution < 1.29 is 4.79 Å². The molecule has 21 heavy (non-hydrogen) atoms. The molecule has 1 aromatic carbocycles. The van der Waals surface area contributed by atoms with Crippen LogP contribution in [-0.4, -0.2) is 22.6 Å². The highest BCUT2D eigenvalue weighted by Gasteiger charge is 2.26. The summed E-state index contributed by atoms with van der Waals surface area (Å²) in [5, 5.41) is 13.3. The molecule has 110 valence electrons. The third-order valence-electron chi connectivity index (χ3n) is 3.88. The summed E-state index contributed by atoms with van der Waals surface area (Å²) in [5.41, 5.74) is 3.31. The number of hydrogen-bond donors (Lipinski definition) is 3. The van der Waals surface area contributed by atoms with E-state index in [1.165, 1.54) is 5.56 Å². The van der Waals surface area contributed by atoms with Gasteiger partial charge in [0.05, 0.1) is 5.92 Å². The molecule has 2 aromatic rings. The Morgan fingerprint density at radius 1 is 1.38 bits per heavy atom. The summed E-state index contributed by atoms with van der Waals surface area (Å²) < 4.78 is 0. The van der Waals surface area contributed by atoms with Crippen LogP contribution in [0, 0.1) is 0 Å². The van der Waals surface area contributed by atoms with Crippen molar-refractivity contribution in [2.24, 2.45) is 0 Å². The average molecular weight is 284 g/mol. The Morgan fingerprint density at radius 3 is 2.95 bits per heavy atom. The molecule has 3 rings (SSSR count). The molecule has 0 saturated carbocycles. The fourth-order valence-electron chi connectivity index (χ4n) is 2.64. The number of carbonyl (C=O) groups is 1. The number of rotatable bonds is 3. The summed E-state index contributed by atoms with van der Waals surface area (Å²) in [6, 6.07) is 9.97. The van der Waals surface area contributed by atoms with Gasteiger partial charge < -0.3 is 10.6 Å². The van der Waals surface area contributed by atoms with Gasteiger partial charge in [0.25, 0.3) is 0 Å². The molecule has 1 atom stereocenters. The number of nitrogens with one attached hydrogen (secondary N) is 3. The molecule has 0 spiro atoms. The molecule has 5 nitrogen and oxygen atoms in total. The normalized spacial score (nSPS) is 17.6. The maximum Gasteiger partial charge on any atom is 0.234 e. The summed E-state index contributed by atoms with van der Waals surface area (Å²) >= 11 is 0. The Labute approximate surface area is 124 Å². The monoisotopic (exact) mass is 284 g/mol.